The van der Waals surface area contributed by atoms with Gasteiger partial charge in [-0.05, 0) is 38.5 Å². The van der Waals surface area contributed by atoms with Crippen LogP contribution < -0.4 is 0 Å². The normalized spacial score (nSPS) is 11.6. The number of rotatable bonds is 43. The molecule has 0 atom stereocenters. The topological polar surface area (TPSA) is 46.5 Å². The van der Waals surface area contributed by atoms with Crippen LogP contribution in [0.4, 0.5) is 0 Å². The van der Waals surface area contributed by atoms with Gasteiger partial charge in [0.25, 0.3) is 0 Å². The van der Waals surface area contributed by atoms with Crippen LogP contribution in [0.5, 0.6) is 0 Å². The Hall–Kier alpha value is -0.830. The Morgan fingerprint density at radius 1 is 0.388 bits per heavy atom. The number of hydrogen-bond acceptors (Lipinski definition) is 3. The second kappa shape index (κ2) is 45.2. The molecule has 49 heavy (non-hydrogen) atoms. The van der Waals surface area contributed by atoms with E-state index >= 15 is 0 Å². The second-order valence-corrected chi connectivity index (χ2v) is 15.5. The minimum atomic E-state index is 0.0147. The van der Waals surface area contributed by atoms with Gasteiger partial charge in [0.15, 0.2) is 0 Å². The number of carbonyl (C=O) groups excluding carboxylic acids is 1. The summed E-state index contributed by atoms with van der Waals surface area (Å²) in [6.07, 6.45) is 57.7. The first-order valence-corrected chi connectivity index (χ1v) is 22.7. The van der Waals surface area contributed by atoms with E-state index in [4.69, 9.17) is 9.84 Å². The SMILES string of the molecule is CCCCC=CCCCCCCCC(=O)OCCCCCCCCCCCCCCCCCCCCCCCCCCCCCCCCO. The van der Waals surface area contributed by atoms with Gasteiger partial charge < -0.3 is 9.84 Å². The highest BCUT2D eigenvalue weighted by molar-refractivity contribution is 5.69. The predicted molar refractivity (Wildman–Crippen MR) is 218 cm³/mol. The summed E-state index contributed by atoms with van der Waals surface area (Å²) < 4.78 is 5.45. The number of aliphatic hydroxyl groups is 1. The Morgan fingerprint density at radius 2 is 0.673 bits per heavy atom. The largest absolute Gasteiger partial charge is 0.466 e. The molecule has 3 heteroatoms. The lowest BCUT2D eigenvalue weighted by molar-refractivity contribution is -0.143. The Balaban J connectivity index is 3.13. The Labute approximate surface area is 309 Å². The molecule has 0 aromatic heterocycles. The van der Waals surface area contributed by atoms with Gasteiger partial charge >= 0.3 is 5.97 Å². The molecule has 0 fully saturated rings. The van der Waals surface area contributed by atoms with Crippen LogP contribution in [0.2, 0.25) is 0 Å². The highest BCUT2D eigenvalue weighted by atomic mass is 16.5. The van der Waals surface area contributed by atoms with E-state index in [0.717, 1.165) is 25.7 Å². The molecule has 0 aromatic carbocycles. The van der Waals surface area contributed by atoms with E-state index in [1.165, 1.54) is 225 Å². The van der Waals surface area contributed by atoms with Crippen molar-refractivity contribution in [1.29, 1.82) is 0 Å². The molecule has 0 saturated carbocycles. The molecule has 1 N–H and O–H groups in total. The van der Waals surface area contributed by atoms with E-state index in [-0.39, 0.29) is 5.97 Å². The molecule has 0 amide bonds. The zero-order chi connectivity index (χ0) is 35.4. The summed E-state index contributed by atoms with van der Waals surface area (Å²) >= 11 is 0. The summed E-state index contributed by atoms with van der Waals surface area (Å²) in [7, 11) is 0. The van der Waals surface area contributed by atoms with Gasteiger partial charge in [0.1, 0.15) is 0 Å². The van der Waals surface area contributed by atoms with Crippen LogP contribution in [0.1, 0.15) is 264 Å². The first-order valence-electron chi connectivity index (χ1n) is 22.7. The molecule has 0 unspecified atom stereocenters. The van der Waals surface area contributed by atoms with Crippen molar-refractivity contribution in [2.45, 2.75) is 264 Å². The number of allylic oxidation sites excluding steroid dienone is 2. The van der Waals surface area contributed by atoms with Gasteiger partial charge in [-0.3, -0.25) is 4.79 Å². The number of esters is 1. The molecule has 0 heterocycles. The molecule has 0 bridgehead atoms. The molecule has 0 saturated heterocycles. The van der Waals surface area contributed by atoms with Gasteiger partial charge in [-0.15, -0.1) is 0 Å². The summed E-state index contributed by atoms with van der Waals surface area (Å²) in [5.74, 6) is 0.0147. The number of unbranched alkanes of at least 4 members (excludes halogenated alkanes) is 36. The van der Waals surface area contributed by atoms with E-state index < -0.39 is 0 Å². The van der Waals surface area contributed by atoms with Crippen molar-refractivity contribution in [3.05, 3.63) is 12.2 Å². The van der Waals surface area contributed by atoms with E-state index in [9.17, 15) is 4.79 Å². The Kier molecular flexibility index (Phi) is 44.4. The molecule has 0 rings (SSSR count). The molecule has 292 valence electrons. The lowest BCUT2D eigenvalue weighted by atomic mass is 10.0. The van der Waals surface area contributed by atoms with Crippen molar-refractivity contribution < 1.29 is 14.6 Å². The average Bonchev–Trinajstić information content (AvgIpc) is 3.11. The molecule has 0 aromatic rings. The van der Waals surface area contributed by atoms with E-state index in [0.29, 0.717) is 19.6 Å². The minimum absolute atomic E-state index is 0.0147. The van der Waals surface area contributed by atoms with Crippen molar-refractivity contribution in [1.82, 2.24) is 0 Å². The number of hydrogen-bond donors (Lipinski definition) is 1. The third-order valence-corrected chi connectivity index (χ3v) is 10.5. The van der Waals surface area contributed by atoms with Gasteiger partial charge in [0, 0.05) is 13.0 Å². The molecule has 0 aliphatic carbocycles. The number of aliphatic hydroxyl groups excluding tert-OH is 1. The minimum Gasteiger partial charge on any atom is -0.466 e. The molecule has 0 aliphatic rings. The van der Waals surface area contributed by atoms with Gasteiger partial charge in [-0.25, -0.2) is 0 Å². The lowest BCUT2D eigenvalue weighted by Crippen LogP contribution is -2.05. The Morgan fingerprint density at radius 3 is 1.02 bits per heavy atom. The summed E-state index contributed by atoms with van der Waals surface area (Å²) in [5, 5.41) is 8.81. The van der Waals surface area contributed by atoms with E-state index in [1.807, 2.05) is 0 Å². The summed E-state index contributed by atoms with van der Waals surface area (Å²) in [6, 6.07) is 0. The summed E-state index contributed by atoms with van der Waals surface area (Å²) in [4.78, 5) is 11.9. The predicted octanol–water partition coefficient (Wildman–Crippen LogP) is 15.7. The fourth-order valence-electron chi connectivity index (χ4n) is 7.04. The van der Waals surface area contributed by atoms with E-state index in [1.54, 1.807) is 0 Å². The van der Waals surface area contributed by atoms with E-state index in [2.05, 4.69) is 19.1 Å². The van der Waals surface area contributed by atoms with Crippen LogP contribution in [0.15, 0.2) is 12.2 Å². The van der Waals surface area contributed by atoms with Crippen molar-refractivity contribution >= 4 is 5.97 Å². The average molecular weight is 691 g/mol. The second-order valence-electron chi connectivity index (χ2n) is 15.5. The first kappa shape index (κ1) is 48.2. The zero-order valence-electron chi connectivity index (χ0n) is 33.6. The molecule has 0 spiro atoms. The van der Waals surface area contributed by atoms with Gasteiger partial charge in [0.2, 0.25) is 0 Å². The van der Waals surface area contributed by atoms with Crippen molar-refractivity contribution in [3.63, 3.8) is 0 Å². The summed E-state index contributed by atoms with van der Waals surface area (Å²) in [6.45, 7) is 3.24. The maximum atomic E-state index is 11.9. The molecule has 0 aliphatic heterocycles. The monoisotopic (exact) mass is 691 g/mol. The number of carbonyl (C=O) groups is 1. The highest BCUT2D eigenvalue weighted by Crippen LogP contribution is 2.17. The number of ether oxygens (including phenoxy) is 1. The van der Waals surface area contributed by atoms with Gasteiger partial charge in [0.05, 0.1) is 6.61 Å². The van der Waals surface area contributed by atoms with Crippen LogP contribution in [0.3, 0.4) is 0 Å². The van der Waals surface area contributed by atoms with Crippen molar-refractivity contribution in [2.75, 3.05) is 13.2 Å². The lowest BCUT2D eigenvalue weighted by Gasteiger charge is -2.06. The Bertz CT molecular complexity index is 630. The maximum Gasteiger partial charge on any atom is 0.305 e. The van der Waals surface area contributed by atoms with Crippen LogP contribution in [0, 0.1) is 0 Å². The van der Waals surface area contributed by atoms with Crippen LogP contribution >= 0.6 is 0 Å². The first-order chi connectivity index (χ1) is 24.3. The molecular formula is C46H90O3. The summed E-state index contributed by atoms with van der Waals surface area (Å²) in [5.41, 5.74) is 0. The smallest absolute Gasteiger partial charge is 0.305 e. The third kappa shape index (κ3) is 45.1. The standard InChI is InChI=1S/C46H90O3/c1-2-3-4-5-6-7-28-31-34-37-40-43-46(48)49-45-42-39-36-33-30-27-25-23-21-19-17-15-13-11-9-8-10-12-14-16-18-20-22-24-26-29-32-35-38-41-44-47/h5-6,47H,2-4,7-45H2,1H3. The fraction of sp³-hybridized carbons (Fsp3) is 0.935. The van der Waals surface area contributed by atoms with Crippen LogP contribution in [0.25, 0.3) is 0 Å². The highest BCUT2D eigenvalue weighted by Gasteiger charge is 2.03. The van der Waals surface area contributed by atoms with Crippen molar-refractivity contribution in [3.8, 4) is 0 Å². The molecule has 3 nitrogen and oxygen atoms in total. The van der Waals surface area contributed by atoms with Crippen molar-refractivity contribution in [2.24, 2.45) is 0 Å². The zero-order valence-corrected chi connectivity index (χ0v) is 33.6. The van der Waals surface area contributed by atoms with Crippen LogP contribution in [-0.2, 0) is 9.53 Å². The molecule has 0 radical (unpaired) electrons. The third-order valence-electron chi connectivity index (χ3n) is 10.5. The fourth-order valence-corrected chi connectivity index (χ4v) is 7.04. The van der Waals surface area contributed by atoms with Gasteiger partial charge in [-0.1, -0.05) is 231 Å². The van der Waals surface area contributed by atoms with Crippen LogP contribution in [-0.4, -0.2) is 24.3 Å². The maximum absolute atomic E-state index is 11.9. The molecular weight excluding hydrogens is 601 g/mol. The quantitative estimate of drug-likeness (QED) is 0.0393. The van der Waals surface area contributed by atoms with Gasteiger partial charge in [-0.2, -0.15) is 0 Å².